The third-order valence-electron chi connectivity index (χ3n) is 2.94. The maximum absolute atomic E-state index is 11.2. The topological polar surface area (TPSA) is 52.7 Å². The maximum atomic E-state index is 11.2. The molecule has 0 aliphatic rings. The number of rotatable bonds is 3. The molecule has 0 aliphatic heterocycles. The van der Waals surface area contributed by atoms with Gasteiger partial charge in [0.15, 0.2) is 6.29 Å². The zero-order valence-electron chi connectivity index (χ0n) is 10.7. The van der Waals surface area contributed by atoms with E-state index in [2.05, 4.69) is 26.1 Å². The van der Waals surface area contributed by atoms with Crippen molar-refractivity contribution in [3.8, 4) is 16.9 Å². The van der Waals surface area contributed by atoms with E-state index in [9.17, 15) is 4.79 Å². The Labute approximate surface area is 124 Å². The first-order valence-electron chi connectivity index (χ1n) is 5.97. The van der Waals surface area contributed by atoms with Crippen LogP contribution in [0.2, 0.25) is 0 Å². The molecule has 0 bridgehead atoms. The maximum Gasteiger partial charge on any atom is 0.153 e. The summed E-state index contributed by atoms with van der Waals surface area (Å²) < 4.78 is 4.37. The lowest BCUT2D eigenvalue weighted by Crippen LogP contribution is -1.94. The van der Waals surface area contributed by atoms with Crippen molar-refractivity contribution in [2.45, 2.75) is 0 Å². The summed E-state index contributed by atoms with van der Waals surface area (Å²) in [5.41, 5.74) is 2.90. The third kappa shape index (κ3) is 2.30. The smallest absolute Gasteiger partial charge is 0.153 e. The van der Waals surface area contributed by atoms with E-state index < -0.39 is 0 Å². The number of benzene rings is 1. The summed E-state index contributed by atoms with van der Waals surface area (Å²) in [6.45, 7) is 0. The van der Waals surface area contributed by atoms with Gasteiger partial charge in [-0.15, -0.1) is 0 Å². The van der Waals surface area contributed by atoms with Crippen molar-refractivity contribution in [3.63, 3.8) is 0 Å². The molecule has 100 valence electrons. The van der Waals surface area contributed by atoms with Gasteiger partial charge in [-0.25, -0.2) is 4.68 Å². The van der Waals surface area contributed by atoms with Gasteiger partial charge < -0.3 is 0 Å². The summed E-state index contributed by atoms with van der Waals surface area (Å²) in [4.78, 5) is 11.2. The van der Waals surface area contributed by atoms with Crippen LogP contribution in [0, 0.1) is 0 Å². The van der Waals surface area contributed by atoms with Gasteiger partial charge in [0, 0.05) is 29.5 Å². The number of carbonyl (C=O) groups excluding carboxylic acids is 1. The van der Waals surface area contributed by atoms with E-state index >= 15 is 0 Å². The molecule has 0 aliphatic carbocycles. The zero-order chi connectivity index (χ0) is 14.1. The monoisotopic (exact) mass is 330 g/mol. The van der Waals surface area contributed by atoms with Crippen LogP contribution in [0.25, 0.3) is 16.9 Å². The molecule has 0 spiro atoms. The van der Waals surface area contributed by atoms with Gasteiger partial charge in [0.25, 0.3) is 0 Å². The van der Waals surface area contributed by atoms with Crippen LogP contribution in [-0.2, 0) is 7.05 Å². The Kier molecular flexibility index (Phi) is 3.23. The minimum atomic E-state index is 0.543. The molecule has 0 fully saturated rings. The molecule has 6 heteroatoms. The van der Waals surface area contributed by atoms with E-state index in [-0.39, 0.29) is 0 Å². The number of aromatic nitrogens is 4. The Bertz CT molecular complexity index is 758. The van der Waals surface area contributed by atoms with E-state index in [4.69, 9.17) is 0 Å². The van der Waals surface area contributed by atoms with Gasteiger partial charge in [0.2, 0.25) is 0 Å². The number of halogens is 1. The number of hydrogen-bond donors (Lipinski definition) is 0. The molecule has 2 heterocycles. The first-order chi connectivity index (χ1) is 9.67. The molecule has 0 amide bonds. The van der Waals surface area contributed by atoms with E-state index in [0.29, 0.717) is 11.3 Å². The molecule has 1 aromatic carbocycles. The minimum Gasteiger partial charge on any atom is -0.298 e. The van der Waals surface area contributed by atoms with E-state index in [1.54, 1.807) is 21.8 Å². The predicted octanol–water partition coefficient (Wildman–Crippen LogP) is 2.85. The molecule has 3 aromatic rings. The van der Waals surface area contributed by atoms with Crippen LogP contribution in [-0.4, -0.2) is 25.8 Å². The van der Waals surface area contributed by atoms with Crippen molar-refractivity contribution in [3.05, 3.63) is 52.9 Å². The molecule has 3 rings (SSSR count). The Hall–Kier alpha value is -2.21. The van der Waals surface area contributed by atoms with Crippen molar-refractivity contribution >= 4 is 22.2 Å². The first-order valence-corrected chi connectivity index (χ1v) is 6.76. The van der Waals surface area contributed by atoms with Gasteiger partial charge in [-0.1, -0.05) is 15.9 Å². The van der Waals surface area contributed by atoms with Gasteiger partial charge in [0.05, 0.1) is 17.4 Å². The highest BCUT2D eigenvalue weighted by Crippen LogP contribution is 2.22. The summed E-state index contributed by atoms with van der Waals surface area (Å²) in [5.74, 6) is 0. The molecule has 0 atom stereocenters. The predicted molar refractivity (Wildman–Crippen MR) is 78.9 cm³/mol. The molecular weight excluding hydrogens is 320 g/mol. The Morgan fingerprint density at radius 1 is 1.20 bits per heavy atom. The van der Waals surface area contributed by atoms with Gasteiger partial charge in [-0.05, 0) is 24.3 Å². The summed E-state index contributed by atoms with van der Waals surface area (Å²) in [5, 5.41) is 8.59. The Morgan fingerprint density at radius 2 is 1.95 bits per heavy atom. The Morgan fingerprint density at radius 3 is 2.55 bits per heavy atom. The van der Waals surface area contributed by atoms with Crippen molar-refractivity contribution in [2.24, 2.45) is 7.05 Å². The Balaban J connectivity index is 2.09. The molecule has 0 saturated heterocycles. The molecule has 2 aromatic heterocycles. The summed E-state index contributed by atoms with van der Waals surface area (Å²) >= 11 is 3.39. The molecule has 0 unspecified atom stereocenters. The van der Waals surface area contributed by atoms with Crippen molar-refractivity contribution in [2.75, 3.05) is 0 Å². The fourth-order valence-corrected chi connectivity index (χ4v) is 2.23. The highest BCUT2D eigenvalue weighted by molar-refractivity contribution is 9.10. The third-order valence-corrected chi connectivity index (χ3v) is 3.47. The molecule has 0 saturated carbocycles. The van der Waals surface area contributed by atoms with Crippen molar-refractivity contribution in [1.82, 2.24) is 19.6 Å². The van der Waals surface area contributed by atoms with E-state index in [0.717, 1.165) is 22.0 Å². The standard InChI is InChI=1S/C14H11BrN4O/c1-18-7-10(6-16-18)14-11(9-20)8-19(17-14)13-4-2-12(15)3-5-13/h2-9H,1H3. The second kappa shape index (κ2) is 5.05. The normalized spacial score (nSPS) is 10.7. The van der Waals surface area contributed by atoms with Crippen LogP contribution in [0.5, 0.6) is 0 Å². The fraction of sp³-hybridized carbons (Fsp3) is 0.0714. The second-order valence-corrected chi connectivity index (χ2v) is 5.29. The van der Waals surface area contributed by atoms with Gasteiger partial charge in [0.1, 0.15) is 5.69 Å². The van der Waals surface area contributed by atoms with Crippen LogP contribution in [0.15, 0.2) is 47.3 Å². The van der Waals surface area contributed by atoms with Crippen LogP contribution >= 0.6 is 15.9 Å². The minimum absolute atomic E-state index is 0.543. The average molecular weight is 331 g/mol. The molecule has 0 radical (unpaired) electrons. The lowest BCUT2D eigenvalue weighted by Gasteiger charge is -2.00. The lowest BCUT2D eigenvalue weighted by molar-refractivity contribution is 0.112. The molecule has 20 heavy (non-hydrogen) atoms. The van der Waals surface area contributed by atoms with Gasteiger partial charge in [-0.2, -0.15) is 10.2 Å². The number of nitrogens with zero attached hydrogens (tertiary/aromatic N) is 4. The van der Waals surface area contributed by atoms with Crippen molar-refractivity contribution in [1.29, 1.82) is 0 Å². The molecule has 0 N–H and O–H groups in total. The fourth-order valence-electron chi connectivity index (χ4n) is 1.97. The summed E-state index contributed by atoms with van der Waals surface area (Å²) in [7, 11) is 1.83. The summed E-state index contributed by atoms with van der Waals surface area (Å²) in [6.07, 6.45) is 6.06. The van der Waals surface area contributed by atoms with E-state index in [1.807, 2.05) is 37.5 Å². The number of aryl methyl sites for hydroxylation is 1. The van der Waals surface area contributed by atoms with Crippen LogP contribution in [0.1, 0.15) is 10.4 Å². The SMILES string of the molecule is Cn1cc(-c2nn(-c3ccc(Br)cc3)cc2C=O)cn1. The number of aldehydes is 1. The van der Waals surface area contributed by atoms with Gasteiger partial charge in [-0.3, -0.25) is 9.48 Å². The largest absolute Gasteiger partial charge is 0.298 e. The average Bonchev–Trinajstić information content (AvgIpc) is 3.05. The molecular formula is C14H11BrN4O. The first kappa shape index (κ1) is 12.8. The molecule has 5 nitrogen and oxygen atoms in total. The number of hydrogen-bond acceptors (Lipinski definition) is 3. The highest BCUT2D eigenvalue weighted by atomic mass is 79.9. The summed E-state index contributed by atoms with van der Waals surface area (Å²) in [6, 6.07) is 7.72. The number of carbonyl (C=O) groups is 1. The van der Waals surface area contributed by atoms with Crippen LogP contribution in [0.4, 0.5) is 0 Å². The van der Waals surface area contributed by atoms with Crippen LogP contribution in [0.3, 0.4) is 0 Å². The lowest BCUT2D eigenvalue weighted by atomic mass is 10.2. The highest BCUT2D eigenvalue weighted by Gasteiger charge is 2.13. The van der Waals surface area contributed by atoms with Crippen molar-refractivity contribution < 1.29 is 4.79 Å². The zero-order valence-corrected chi connectivity index (χ0v) is 12.3. The van der Waals surface area contributed by atoms with Gasteiger partial charge >= 0.3 is 0 Å². The van der Waals surface area contributed by atoms with E-state index in [1.165, 1.54) is 0 Å². The quantitative estimate of drug-likeness (QED) is 0.694. The second-order valence-electron chi connectivity index (χ2n) is 4.37. The van der Waals surface area contributed by atoms with Crippen LogP contribution < -0.4 is 0 Å².